The number of rotatable bonds is 15. The van der Waals surface area contributed by atoms with Crippen molar-refractivity contribution in [1.29, 1.82) is 0 Å². The Hall–Kier alpha value is -3.32. The molecule has 33 heavy (non-hydrogen) atoms. The van der Waals surface area contributed by atoms with E-state index in [-0.39, 0.29) is 51.0 Å². The lowest BCUT2D eigenvalue weighted by molar-refractivity contribution is -0.757. The number of esters is 1. The average Bonchev–Trinajstić information content (AvgIpc) is 2.72. The molecule has 0 bridgehead atoms. The summed E-state index contributed by atoms with van der Waals surface area (Å²) < 4.78 is 20.3. The molecular formula is C20H30N2O11. The Labute approximate surface area is 190 Å². The molecule has 0 heterocycles. The van der Waals surface area contributed by atoms with Gasteiger partial charge in [-0.1, -0.05) is 6.07 Å². The molecule has 0 amide bonds. The van der Waals surface area contributed by atoms with Gasteiger partial charge >= 0.3 is 12.1 Å². The summed E-state index contributed by atoms with van der Waals surface area (Å²) >= 11 is 0. The van der Waals surface area contributed by atoms with Crippen LogP contribution in [0, 0.1) is 10.1 Å². The highest BCUT2D eigenvalue weighted by molar-refractivity contribution is 5.81. The van der Waals surface area contributed by atoms with Gasteiger partial charge in [0.1, 0.15) is 12.1 Å². The highest BCUT2D eigenvalue weighted by atomic mass is 16.9. The monoisotopic (exact) mass is 474 g/mol. The van der Waals surface area contributed by atoms with Crippen LogP contribution in [-0.2, 0) is 35.0 Å². The van der Waals surface area contributed by atoms with E-state index in [0.29, 0.717) is 12.0 Å². The Balaban J connectivity index is 2.52. The molecule has 1 aromatic rings. The van der Waals surface area contributed by atoms with Crippen LogP contribution < -0.4 is 5.32 Å². The van der Waals surface area contributed by atoms with Gasteiger partial charge in [-0.3, -0.25) is 10.1 Å². The second-order valence-corrected chi connectivity index (χ2v) is 7.08. The van der Waals surface area contributed by atoms with Crippen molar-refractivity contribution in [2.24, 2.45) is 0 Å². The summed E-state index contributed by atoms with van der Waals surface area (Å²) in [4.78, 5) is 38.6. The minimum absolute atomic E-state index is 0.0558. The molecule has 0 saturated heterocycles. The van der Waals surface area contributed by atoms with Crippen LogP contribution in [0.15, 0.2) is 18.2 Å². The van der Waals surface area contributed by atoms with Crippen LogP contribution in [0.5, 0.6) is 11.5 Å². The number of carbonyl (C=O) groups is 2. The Morgan fingerprint density at radius 2 is 1.88 bits per heavy atom. The number of nitrogens with one attached hydrogen (secondary N) is 1. The molecule has 0 aliphatic rings. The van der Waals surface area contributed by atoms with E-state index in [0.717, 1.165) is 0 Å². The van der Waals surface area contributed by atoms with Gasteiger partial charge in [0.05, 0.1) is 19.8 Å². The molecule has 0 spiro atoms. The summed E-state index contributed by atoms with van der Waals surface area (Å²) in [5.74, 6) is -1.23. The van der Waals surface area contributed by atoms with Crippen LogP contribution in [-0.4, -0.2) is 72.2 Å². The van der Waals surface area contributed by atoms with E-state index in [1.54, 1.807) is 13.8 Å². The molecule has 0 saturated carbocycles. The van der Waals surface area contributed by atoms with Gasteiger partial charge < -0.3 is 34.0 Å². The van der Waals surface area contributed by atoms with Crippen molar-refractivity contribution in [2.75, 3.05) is 33.0 Å². The minimum Gasteiger partial charge on any atom is -0.504 e. The molecule has 1 aromatic carbocycles. The Kier molecular flexibility index (Phi) is 11.7. The van der Waals surface area contributed by atoms with Crippen molar-refractivity contribution in [3.05, 3.63) is 33.9 Å². The SMILES string of the molecule is CCOC(=O)C(C)(Cc1ccc(O)c(O)c1)NC(C)OC(=O)OCCOCCCO[N+](=O)[O-]. The van der Waals surface area contributed by atoms with Crippen molar-refractivity contribution in [3.63, 3.8) is 0 Å². The predicted molar refractivity (Wildman–Crippen MR) is 112 cm³/mol. The van der Waals surface area contributed by atoms with Gasteiger partial charge in [0.2, 0.25) is 0 Å². The number of nitrogens with zero attached hydrogens (tertiary/aromatic N) is 1. The van der Waals surface area contributed by atoms with Gasteiger partial charge in [0.25, 0.3) is 5.09 Å². The van der Waals surface area contributed by atoms with Crippen LogP contribution in [0.25, 0.3) is 0 Å². The number of ether oxygens (including phenoxy) is 4. The first-order chi connectivity index (χ1) is 15.6. The van der Waals surface area contributed by atoms with E-state index >= 15 is 0 Å². The molecule has 2 unspecified atom stereocenters. The van der Waals surface area contributed by atoms with Crippen molar-refractivity contribution in [2.45, 2.75) is 45.4 Å². The first-order valence-electron chi connectivity index (χ1n) is 10.2. The number of hydrogen-bond acceptors (Lipinski definition) is 12. The first-order valence-corrected chi connectivity index (χ1v) is 10.2. The average molecular weight is 474 g/mol. The van der Waals surface area contributed by atoms with E-state index in [1.165, 1.54) is 25.1 Å². The van der Waals surface area contributed by atoms with Gasteiger partial charge in [-0.05, 0) is 44.9 Å². The molecular weight excluding hydrogens is 444 g/mol. The molecule has 0 aromatic heterocycles. The molecule has 13 heteroatoms. The fraction of sp³-hybridized carbons (Fsp3) is 0.600. The topological polar surface area (TPSA) is 176 Å². The predicted octanol–water partition coefficient (Wildman–Crippen LogP) is 1.67. The Bertz CT molecular complexity index is 789. The van der Waals surface area contributed by atoms with Gasteiger partial charge in [0.15, 0.2) is 17.7 Å². The van der Waals surface area contributed by atoms with E-state index in [9.17, 15) is 29.9 Å². The number of benzene rings is 1. The van der Waals surface area contributed by atoms with Crippen molar-refractivity contribution in [1.82, 2.24) is 5.32 Å². The second-order valence-electron chi connectivity index (χ2n) is 7.08. The highest BCUT2D eigenvalue weighted by Crippen LogP contribution is 2.27. The number of hydrogen-bond donors (Lipinski definition) is 3. The van der Waals surface area contributed by atoms with E-state index < -0.39 is 29.0 Å². The Morgan fingerprint density at radius 3 is 2.52 bits per heavy atom. The first kappa shape index (κ1) is 27.7. The molecule has 0 aliphatic carbocycles. The number of phenolic OH excluding ortho intramolecular Hbond substituents is 2. The molecule has 186 valence electrons. The second kappa shape index (κ2) is 14.0. The summed E-state index contributed by atoms with van der Waals surface area (Å²) in [6.45, 7) is 4.88. The number of phenols is 2. The lowest BCUT2D eigenvalue weighted by Crippen LogP contribution is -2.56. The largest absolute Gasteiger partial charge is 0.509 e. The minimum atomic E-state index is -1.33. The maximum absolute atomic E-state index is 12.6. The summed E-state index contributed by atoms with van der Waals surface area (Å²) in [5, 5.41) is 31.2. The maximum Gasteiger partial charge on any atom is 0.509 e. The van der Waals surface area contributed by atoms with Gasteiger partial charge in [-0.2, -0.15) is 0 Å². The zero-order valence-corrected chi connectivity index (χ0v) is 18.8. The summed E-state index contributed by atoms with van der Waals surface area (Å²) in [7, 11) is 0. The van der Waals surface area contributed by atoms with Gasteiger partial charge in [0, 0.05) is 13.0 Å². The third kappa shape index (κ3) is 10.7. The fourth-order valence-corrected chi connectivity index (χ4v) is 2.80. The molecule has 1 rings (SSSR count). The normalized spacial score (nSPS) is 13.4. The van der Waals surface area contributed by atoms with Crippen LogP contribution in [0.1, 0.15) is 32.8 Å². The van der Waals surface area contributed by atoms with Crippen LogP contribution in [0.3, 0.4) is 0 Å². The smallest absolute Gasteiger partial charge is 0.504 e. The lowest BCUT2D eigenvalue weighted by atomic mass is 9.92. The maximum atomic E-state index is 12.6. The molecule has 0 aliphatic heterocycles. The highest BCUT2D eigenvalue weighted by Gasteiger charge is 2.37. The van der Waals surface area contributed by atoms with E-state index in [1.807, 2.05) is 0 Å². The molecule has 0 radical (unpaired) electrons. The quantitative estimate of drug-likeness (QED) is 0.0838. The van der Waals surface area contributed by atoms with Crippen LogP contribution in [0.4, 0.5) is 4.79 Å². The fourth-order valence-electron chi connectivity index (χ4n) is 2.80. The van der Waals surface area contributed by atoms with Gasteiger partial charge in [-0.15, -0.1) is 10.1 Å². The summed E-state index contributed by atoms with van der Waals surface area (Å²) in [5.41, 5.74) is -0.794. The lowest BCUT2D eigenvalue weighted by Gasteiger charge is -2.31. The summed E-state index contributed by atoms with van der Waals surface area (Å²) in [6, 6.07) is 4.15. The standard InChI is InChI=1S/C20H30N2O11/c1-4-30-18(25)20(3,13-15-6-7-16(23)17(24)12-15)21-14(2)33-19(26)31-11-10-29-8-5-9-32-22(27)28/h6-7,12,14,21,23-24H,4-5,8-11,13H2,1-3H3. The number of aromatic hydroxyl groups is 2. The van der Waals surface area contributed by atoms with Crippen molar-refractivity contribution < 1.29 is 48.7 Å². The molecule has 13 nitrogen and oxygen atoms in total. The zero-order chi connectivity index (χ0) is 24.9. The third-order valence-electron chi connectivity index (χ3n) is 4.20. The third-order valence-corrected chi connectivity index (χ3v) is 4.20. The van der Waals surface area contributed by atoms with Crippen molar-refractivity contribution >= 4 is 12.1 Å². The summed E-state index contributed by atoms with van der Waals surface area (Å²) in [6.07, 6.45) is -1.57. The Morgan fingerprint density at radius 1 is 1.15 bits per heavy atom. The van der Waals surface area contributed by atoms with Crippen molar-refractivity contribution in [3.8, 4) is 11.5 Å². The van der Waals surface area contributed by atoms with Gasteiger partial charge in [-0.25, -0.2) is 4.79 Å². The zero-order valence-electron chi connectivity index (χ0n) is 18.8. The van der Waals surface area contributed by atoms with E-state index in [2.05, 4.69) is 10.2 Å². The molecule has 3 N–H and O–H groups in total. The van der Waals surface area contributed by atoms with E-state index in [4.69, 9.17) is 18.9 Å². The molecule has 2 atom stereocenters. The number of carbonyl (C=O) groups excluding carboxylic acids is 2. The van der Waals surface area contributed by atoms with Crippen LogP contribution in [0.2, 0.25) is 0 Å². The van der Waals surface area contributed by atoms with Crippen LogP contribution >= 0.6 is 0 Å². The molecule has 0 fully saturated rings.